The highest BCUT2D eigenvalue weighted by molar-refractivity contribution is 14.1. The van der Waals surface area contributed by atoms with Gasteiger partial charge in [-0.25, -0.2) is 0 Å². The lowest BCUT2D eigenvalue weighted by molar-refractivity contribution is -0.119. The smallest absolute Gasteiger partial charge is 0.239 e. The van der Waals surface area contributed by atoms with Gasteiger partial charge >= 0.3 is 0 Å². The highest BCUT2D eigenvalue weighted by atomic mass is 127. The van der Waals surface area contributed by atoms with Gasteiger partial charge in [-0.15, -0.1) is 0 Å². The molecule has 2 N–H and O–H groups in total. The van der Waals surface area contributed by atoms with Crippen LogP contribution in [0, 0.1) is 9.49 Å². The normalized spacial score (nSPS) is 10.2. The van der Waals surface area contributed by atoms with Gasteiger partial charge < -0.3 is 10.6 Å². The van der Waals surface area contributed by atoms with E-state index >= 15 is 0 Å². The molecule has 3 nitrogen and oxygen atoms in total. The van der Waals surface area contributed by atoms with E-state index in [1.165, 1.54) is 3.57 Å². The lowest BCUT2D eigenvalue weighted by Gasteiger charge is -2.09. The molecule has 0 aromatic heterocycles. The third-order valence-electron chi connectivity index (χ3n) is 2.00. The van der Waals surface area contributed by atoms with E-state index in [-0.39, 0.29) is 5.91 Å². The lowest BCUT2D eigenvalue weighted by Crippen LogP contribution is -2.32. The second-order valence-electron chi connectivity index (χ2n) is 4.06. The van der Waals surface area contributed by atoms with Gasteiger partial charge in [-0.05, 0) is 52.8 Å². The number of amides is 1. The van der Waals surface area contributed by atoms with Gasteiger partial charge in [-0.2, -0.15) is 0 Å². The molecule has 0 radical (unpaired) electrons. The molecule has 0 aliphatic carbocycles. The molecule has 0 unspecified atom stereocenters. The van der Waals surface area contributed by atoms with E-state index in [1.54, 1.807) is 0 Å². The van der Waals surface area contributed by atoms with Crippen LogP contribution in [0.15, 0.2) is 24.3 Å². The van der Waals surface area contributed by atoms with E-state index in [4.69, 9.17) is 0 Å². The number of benzene rings is 1. The molecule has 16 heavy (non-hydrogen) atoms. The van der Waals surface area contributed by atoms with Crippen LogP contribution in [0.3, 0.4) is 0 Å². The van der Waals surface area contributed by atoms with Gasteiger partial charge in [0, 0.05) is 15.8 Å². The zero-order valence-electron chi connectivity index (χ0n) is 9.59. The first-order valence-corrected chi connectivity index (χ1v) is 6.42. The van der Waals surface area contributed by atoms with Crippen LogP contribution in [0.4, 0.5) is 5.69 Å². The predicted octanol–water partition coefficient (Wildman–Crippen LogP) is 2.48. The van der Waals surface area contributed by atoms with Gasteiger partial charge in [0.05, 0.1) is 6.54 Å². The minimum Gasteiger partial charge on any atom is -0.376 e. The Morgan fingerprint density at radius 3 is 2.50 bits per heavy atom. The fraction of sp³-hybridized carbons (Fsp3) is 0.417. The Hall–Kier alpha value is -0.780. The molecule has 1 aromatic rings. The molecule has 88 valence electrons. The van der Waals surface area contributed by atoms with E-state index in [0.29, 0.717) is 12.5 Å². The molecule has 0 fully saturated rings. The van der Waals surface area contributed by atoms with Crippen LogP contribution in [0.5, 0.6) is 0 Å². The number of carbonyl (C=O) groups is 1. The molecule has 1 rings (SSSR count). The molecular weight excluding hydrogens is 315 g/mol. The second kappa shape index (κ2) is 6.73. The van der Waals surface area contributed by atoms with Crippen LogP contribution < -0.4 is 10.6 Å². The van der Waals surface area contributed by atoms with Gasteiger partial charge in [0.1, 0.15) is 0 Å². The molecule has 0 saturated carbocycles. The molecule has 0 heterocycles. The monoisotopic (exact) mass is 332 g/mol. The number of nitrogens with one attached hydrogen (secondary N) is 2. The van der Waals surface area contributed by atoms with Crippen molar-refractivity contribution in [3.8, 4) is 0 Å². The minimum atomic E-state index is 0.0345. The van der Waals surface area contributed by atoms with Crippen molar-refractivity contribution in [1.29, 1.82) is 0 Å². The Bertz CT molecular complexity index is 335. The Morgan fingerprint density at radius 2 is 1.94 bits per heavy atom. The van der Waals surface area contributed by atoms with Crippen LogP contribution in [0.1, 0.15) is 13.8 Å². The summed E-state index contributed by atoms with van der Waals surface area (Å²) in [5, 5.41) is 5.94. The summed E-state index contributed by atoms with van der Waals surface area (Å²) in [5.41, 5.74) is 0.972. The summed E-state index contributed by atoms with van der Waals surface area (Å²) >= 11 is 2.25. The summed E-state index contributed by atoms with van der Waals surface area (Å²) in [6.45, 7) is 5.21. The van der Waals surface area contributed by atoms with Crippen LogP contribution in [-0.2, 0) is 4.79 Å². The first-order valence-electron chi connectivity index (χ1n) is 5.34. The van der Waals surface area contributed by atoms with Crippen LogP contribution in [0.25, 0.3) is 0 Å². The average Bonchev–Trinajstić information content (AvgIpc) is 2.25. The van der Waals surface area contributed by atoms with E-state index in [9.17, 15) is 4.79 Å². The number of hydrogen-bond donors (Lipinski definition) is 2. The van der Waals surface area contributed by atoms with Gasteiger partial charge in [-0.1, -0.05) is 13.8 Å². The molecular formula is C12H17IN2O. The predicted molar refractivity (Wildman–Crippen MR) is 75.5 cm³/mol. The first kappa shape index (κ1) is 13.3. The third kappa shape index (κ3) is 5.34. The van der Waals surface area contributed by atoms with E-state index < -0.39 is 0 Å². The van der Waals surface area contributed by atoms with Crippen molar-refractivity contribution in [3.05, 3.63) is 27.8 Å². The van der Waals surface area contributed by atoms with Crippen molar-refractivity contribution in [2.24, 2.45) is 5.92 Å². The fourth-order valence-corrected chi connectivity index (χ4v) is 1.49. The summed E-state index contributed by atoms with van der Waals surface area (Å²) in [6.07, 6.45) is 0. The molecule has 0 bridgehead atoms. The Kier molecular flexibility index (Phi) is 5.59. The number of halogens is 1. The fourth-order valence-electron chi connectivity index (χ4n) is 1.13. The largest absolute Gasteiger partial charge is 0.376 e. The van der Waals surface area contributed by atoms with E-state index in [0.717, 1.165) is 12.2 Å². The maximum Gasteiger partial charge on any atom is 0.239 e. The Balaban J connectivity index is 2.29. The topological polar surface area (TPSA) is 41.1 Å². The highest BCUT2D eigenvalue weighted by Gasteiger charge is 2.01. The molecule has 0 saturated heterocycles. The van der Waals surface area contributed by atoms with Crippen molar-refractivity contribution in [2.75, 3.05) is 18.4 Å². The summed E-state index contributed by atoms with van der Waals surface area (Å²) in [7, 11) is 0. The molecule has 0 aliphatic rings. The third-order valence-corrected chi connectivity index (χ3v) is 2.72. The highest BCUT2D eigenvalue weighted by Crippen LogP contribution is 2.10. The maximum absolute atomic E-state index is 11.4. The zero-order valence-corrected chi connectivity index (χ0v) is 11.7. The summed E-state index contributed by atoms with van der Waals surface area (Å²) in [4.78, 5) is 11.4. The van der Waals surface area contributed by atoms with Crippen LogP contribution >= 0.6 is 22.6 Å². The molecule has 0 spiro atoms. The molecule has 1 amide bonds. The standard InChI is InChI=1S/C12H17IN2O/c1-9(2)7-15-12(16)8-14-11-5-3-10(13)4-6-11/h3-6,9,14H,7-8H2,1-2H3,(H,15,16). The summed E-state index contributed by atoms with van der Waals surface area (Å²) in [5.74, 6) is 0.523. The number of hydrogen-bond acceptors (Lipinski definition) is 2. The molecule has 4 heteroatoms. The number of rotatable bonds is 5. The number of anilines is 1. The summed E-state index contributed by atoms with van der Waals surface area (Å²) < 4.78 is 1.19. The molecule has 1 aromatic carbocycles. The molecule has 0 atom stereocenters. The summed E-state index contributed by atoms with van der Waals surface area (Å²) in [6, 6.07) is 7.96. The maximum atomic E-state index is 11.4. The van der Waals surface area contributed by atoms with E-state index in [2.05, 4.69) is 47.1 Å². The van der Waals surface area contributed by atoms with Gasteiger partial charge in [0.2, 0.25) is 5.91 Å². The van der Waals surface area contributed by atoms with Crippen LogP contribution in [0.2, 0.25) is 0 Å². The van der Waals surface area contributed by atoms with Gasteiger partial charge in [-0.3, -0.25) is 4.79 Å². The van der Waals surface area contributed by atoms with Gasteiger partial charge in [0.15, 0.2) is 0 Å². The SMILES string of the molecule is CC(C)CNC(=O)CNc1ccc(I)cc1. The van der Waals surface area contributed by atoms with Crippen molar-refractivity contribution < 1.29 is 4.79 Å². The van der Waals surface area contributed by atoms with Crippen molar-refractivity contribution in [2.45, 2.75) is 13.8 Å². The Morgan fingerprint density at radius 1 is 1.31 bits per heavy atom. The Labute approximate surface area is 110 Å². The second-order valence-corrected chi connectivity index (χ2v) is 5.30. The van der Waals surface area contributed by atoms with Crippen molar-refractivity contribution >= 4 is 34.2 Å². The van der Waals surface area contributed by atoms with Crippen molar-refractivity contribution in [3.63, 3.8) is 0 Å². The molecule has 0 aliphatic heterocycles. The van der Waals surface area contributed by atoms with Gasteiger partial charge in [0.25, 0.3) is 0 Å². The zero-order chi connectivity index (χ0) is 12.0. The van der Waals surface area contributed by atoms with E-state index in [1.807, 2.05) is 24.3 Å². The lowest BCUT2D eigenvalue weighted by atomic mass is 10.2. The number of carbonyl (C=O) groups excluding carboxylic acids is 1. The van der Waals surface area contributed by atoms with Crippen LogP contribution in [-0.4, -0.2) is 19.0 Å². The quantitative estimate of drug-likeness (QED) is 0.814. The van der Waals surface area contributed by atoms with Crippen molar-refractivity contribution in [1.82, 2.24) is 5.32 Å². The average molecular weight is 332 g/mol. The minimum absolute atomic E-state index is 0.0345. The first-order chi connectivity index (χ1) is 7.58.